The maximum atomic E-state index is 12.5. The highest BCUT2D eigenvalue weighted by Gasteiger charge is 2.28. The molecule has 0 unspecified atom stereocenters. The van der Waals surface area contributed by atoms with Gasteiger partial charge in [-0.05, 0) is 19.1 Å². The summed E-state index contributed by atoms with van der Waals surface area (Å²) in [6, 6.07) is 6.05. The first kappa shape index (κ1) is 16.3. The van der Waals surface area contributed by atoms with Crippen molar-refractivity contribution in [2.45, 2.75) is 25.9 Å². The fourth-order valence-electron chi connectivity index (χ4n) is 2.88. The van der Waals surface area contributed by atoms with Crippen LogP contribution in [0.25, 0.3) is 11.3 Å². The fraction of sp³-hybridized carbons (Fsp3) is 0.312. The second-order valence-electron chi connectivity index (χ2n) is 5.78. The molecule has 4 N–H and O–H groups in total. The van der Waals surface area contributed by atoms with Crippen molar-refractivity contribution in [3.05, 3.63) is 40.5 Å². The number of nitrogens with zero attached hydrogens (tertiary/aromatic N) is 2. The van der Waals surface area contributed by atoms with E-state index >= 15 is 0 Å². The number of primary amides is 1. The molecule has 24 heavy (non-hydrogen) atoms. The Morgan fingerprint density at radius 1 is 1.38 bits per heavy atom. The number of fused-ring (bicyclic) bond motifs is 1. The SMILES string of the molecule is C[C@H](NC(N)=O)C(=O)N1CCc2[nH]nc(-c3ccc(Cl)cc3)c2C1. The fourth-order valence-corrected chi connectivity index (χ4v) is 3.00. The van der Waals surface area contributed by atoms with Crippen molar-refractivity contribution in [1.82, 2.24) is 20.4 Å². The molecule has 1 aromatic carbocycles. The van der Waals surface area contributed by atoms with Crippen LogP contribution in [0.1, 0.15) is 18.2 Å². The number of carbonyl (C=O) groups excluding carboxylic acids is 2. The van der Waals surface area contributed by atoms with Gasteiger partial charge >= 0.3 is 6.03 Å². The standard InChI is InChI=1S/C16H18ClN5O2/c1-9(19-16(18)24)15(23)22-7-6-13-12(8-22)14(21-20-13)10-2-4-11(17)5-3-10/h2-5,9H,6-8H2,1H3,(H,20,21)(H3,18,19,24)/t9-/m0/s1. The molecule has 3 amide bonds. The first-order valence-electron chi connectivity index (χ1n) is 7.62. The zero-order valence-electron chi connectivity index (χ0n) is 13.2. The molecule has 0 spiro atoms. The summed E-state index contributed by atoms with van der Waals surface area (Å²) in [4.78, 5) is 25.1. The number of nitrogens with two attached hydrogens (primary N) is 1. The van der Waals surface area contributed by atoms with Crippen LogP contribution in [0.5, 0.6) is 0 Å². The van der Waals surface area contributed by atoms with Crippen molar-refractivity contribution in [3.8, 4) is 11.3 Å². The van der Waals surface area contributed by atoms with Crippen LogP contribution in [0.2, 0.25) is 5.02 Å². The number of aromatic nitrogens is 2. The molecule has 0 saturated carbocycles. The maximum absolute atomic E-state index is 12.5. The summed E-state index contributed by atoms with van der Waals surface area (Å²) in [6.45, 7) is 2.63. The zero-order valence-corrected chi connectivity index (χ0v) is 13.9. The minimum absolute atomic E-state index is 0.164. The summed E-state index contributed by atoms with van der Waals surface area (Å²) in [7, 11) is 0. The highest BCUT2D eigenvalue weighted by molar-refractivity contribution is 6.30. The minimum Gasteiger partial charge on any atom is -0.352 e. The smallest absolute Gasteiger partial charge is 0.312 e. The van der Waals surface area contributed by atoms with Gasteiger partial charge in [-0.15, -0.1) is 0 Å². The lowest BCUT2D eigenvalue weighted by Crippen LogP contribution is -2.49. The van der Waals surface area contributed by atoms with Crippen LogP contribution in [0.15, 0.2) is 24.3 Å². The van der Waals surface area contributed by atoms with Crippen LogP contribution in [0.3, 0.4) is 0 Å². The van der Waals surface area contributed by atoms with Gasteiger partial charge in [0.05, 0.1) is 5.69 Å². The molecule has 0 radical (unpaired) electrons. The van der Waals surface area contributed by atoms with Crippen molar-refractivity contribution >= 4 is 23.5 Å². The molecular weight excluding hydrogens is 330 g/mol. The topological polar surface area (TPSA) is 104 Å². The Kier molecular flexibility index (Phi) is 4.44. The maximum Gasteiger partial charge on any atom is 0.312 e. The lowest BCUT2D eigenvalue weighted by molar-refractivity contribution is -0.133. The number of hydrogen-bond acceptors (Lipinski definition) is 3. The van der Waals surface area contributed by atoms with E-state index < -0.39 is 12.1 Å². The average Bonchev–Trinajstić information content (AvgIpc) is 2.97. The summed E-state index contributed by atoms with van der Waals surface area (Å²) in [5.41, 5.74) is 8.86. The van der Waals surface area contributed by atoms with Gasteiger partial charge in [0.25, 0.3) is 0 Å². The van der Waals surface area contributed by atoms with Crippen molar-refractivity contribution in [3.63, 3.8) is 0 Å². The molecule has 1 aromatic heterocycles. The third-order valence-corrected chi connectivity index (χ3v) is 4.34. The van der Waals surface area contributed by atoms with Crippen LogP contribution in [0, 0.1) is 0 Å². The second kappa shape index (κ2) is 6.52. The van der Waals surface area contributed by atoms with E-state index in [-0.39, 0.29) is 5.91 Å². The van der Waals surface area contributed by atoms with Gasteiger partial charge < -0.3 is 16.0 Å². The predicted molar refractivity (Wildman–Crippen MR) is 90.3 cm³/mol. The van der Waals surface area contributed by atoms with E-state index in [0.717, 1.165) is 22.5 Å². The van der Waals surface area contributed by atoms with E-state index in [1.54, 1.807) is 11.8 Å². The van der Waals surface area contributed by atoms with Gasteiger partial charge in [0, 0.05) is 41.4 Å². The molecule has 3 rings (SSSR count). The summed E-state index contributed by atoms with van der Waals surface area (Å²) in [6.07, 6.45) is 0.685. The van der Waals surface area contributed by atoms with E-state index in [9.17, 15) is 9.59 Å². The number of amides is 3. The zero-order chi connectivity index (χ0) is 17.3. The number of hydrogen-bond donors (Lipinski definition) is 3. The van der Waals surface area contributed by atoms with Gasteiger partial charge in [-0.2, -0.15) is 5.10 Å². The molecule has 2 aromatic rings. The molecule has 2 heterocycles. The second-order valence-corrected chi connectivity index (χ2v) is 6.21. The number of halogens is 1. The van der Waals surface area contributed by atoms with Gasteiger partial charge in [0.1, 0.15) is 6.04 Å². The molecule has 0 fully saturated rings. The van der Waals surface area contributed by atoms with Crippen LogP contribution < -0.4 is 11.1 Å². The van der Waals surface area contributed by atoms with Crippen LogP contribution in [-0.2, 0) is 17.8 Å². The Morgan fingerprint density at radius 2 is 2.08 bits per heavy atom. The average molecular weight is 348 g/mol. The number of aromatic amines is 1. The largest absolute Gasteiger partial charge is 0.352 e. The molecule has 1 atom stereocenters. The van der Waals surface area contributed by atoms with E-state index in [1.807, 2.05) is 24.3 Å². The van der Waals surface area contributed by atoms with Gasteiger partial charge in [0.2, 0.25) is 5.91 Å². The highest BCUT2D eigenvalue weighted by atomic mass is 35.5. The van der Waals surface area contributed by atoms with Gasteiger partial charge in [0.15, 0.2) is 0 Å². The first-order valence-corrected chi connectivity index (χ1v) is 8.00. The quantitative estimate of drug-likeness (QED) is 0.786. The van der Waals surface area contributed by atoms with E-state index in [1.165, 1.54) is 0 Å². The van der Waals surface area contributed by atoms with Crippen molar-refractivity contribution in [2.24, 2.45) is 5.73 Å². The number of urea groups is 1. The van der Waals surface area contributed by atoms with Gasteiger partial charge in [-0.25, -0.2) is 4.79 Å². The number of rotatable bonds is 3. The van der Waals surface area contributed by atoms with Crippen LogP contribution in [-0.4, -0.2) is 39.6 Å². The third kappa shape index (κ3) is 3.21. The van der Waals surface area contributed by atoms with Gasteiger partial charge in [-0.3, -0.25) is 9.89 Å². The van der Waals surface area contributed by atoms with Gasteiger partial charge in [-0.1, -0.05) is 23.7 Å². The monoisotopic (exact) mass is 347 g/mol. The molecular formula is C16H18ClN5O2. The number of carbonyl (C=O) groups is 2. The molecule has 0 aliphatic carbocycles. The lowest BCUT2D eigenvalue weighted by Gasteiger charge is -2.29. The van der Waals surface area contributed by atoms with E-state index in [4.69, 9.17) is 17.3 Å². The molecule has 8 heteroatoms. The molecule has 1 aliphatic heterocycles. The van der Waals surface area contributed by atoms with Crippen LogP contribution in [0.4, 0.5) is 4.79 Å². The Balaban J connectivity index is 1.82. The molecule has 7 nitrogen and oxygen atoms in total. The number of H-pyrrole nitrogens is 1. The van der Waals surface area contributed by atoms with Crippen LogP contribution >= 0.6 is 11.6 Å². The first-order chi connectivity index (χ1) is 11.5. The van der Waals surface area contributed by atoms with Crippen molar-refractivity contribution < 1.29 is 9.59 Å². The highest BCUT2D eigenvalue weighted by Crippen LogP contribution is 2.29. The normalized spacial score (nSPS) is 14.8. The Hall–Kier alpha value is -2.54. The van der Waals surface area contributed by atoms with E-state index in [0.29, 0.717) is 24.5 Å². The number of nitrogens with one attached hydrogen (secondary N) is 2. The van der Waals surface area contributed by atoms with Crippen molar-refractivity contribution in [1.29, 1.82) is 0 Å². The summed E-state index contributed by atoms with van der Waals surface area (Å²) < 4.78 is 0. The molecule has 126 valence electrons. The Labute approximate surface area is 144 Å². The summed E-state index contributed by atoms with van der Waals surface area (Å²) in [5.74, 6) is -0.164. The number of benzene rings is 1. The lowest BCUT2D eigenvalue weighted by atomic mass is 10.0. The summed E-state index contributed by atoms with van der Waals surface area (Å²) >= 11 is 5.93. The summed E-state index contributed by atoms with van der Waals surface area (Å²) in [5, 5.41) is 10.5. The Morgan fingerprint density at radius 3 is 2.75 bits per heavy atom. The van der Waals surface area contributed by atoms with E-state index in [2.05, 4.69) is 15.5 Å². The third-order valence-electron chi connectivity index (χ3n) is 4.09. The molecule has 0 saturated heterocycles. The molecule has 0 bridgehead atoms. The van der Waals surface area contributed by atoms with Crippen molar-refractivity contribution in [2.75, 3.05) is 6.54 Å². The molecule has 1 aliphatic rings. The predicted octanol–water partition coefficient (Wildman–Crippen LogP) is 1.67. The Bertz CT molecular complexity index is 771. The minimum atomic E-state index is -0.710.